The number of aromatic nitrogens is 5. The Labute approximate surface area is 159 Å². The Bertz CT molecular complexity index is 1140. The zero-order chi connectivity index (χ0) is 19.1. The van der Waals surface area contributed by atoms with Crippen LogP contribution in [0.4, 0.5) is 4.39 Å². The molecule has 1 aliphatic rings. The molecule has 0 saturated heterocycles. The molecule has 3 heterocycles. The fourth-order valence-corrected chi connectivity index (χ4v) is 3.23. The first-order valence-electron chi connectivity index (χ1n) is 8.88. The van der Waals surface area contributed by atoms with E-state index in [0.717, 1.165) is 11.3 Å². The van der Waals surface area contributed by atoms with Gasteiger partial charge in [-0.1, -0.05) is 46.3 Å². The molecular formula is C20H16FN5O2. The van der Waals surface area contributed by atoms with Crippen molar-refractivity contribution in [2.45, 2.75) is 26.2 Å². The molecule has 5 rings (SSSR count). The molecule has 0 spiro atoms. The van der Waals surface area contributed by atoms with Crippen molar-refractivity contribution in [2.24, 2.45) is 0 Å². The van der Waals surface area contributed by atoms with E-state index < -0.39 is 0 Å². The van der Waals surface area contributed by atoms with Crippen LogP contribution in [0.3, 0.4) is 0 Å². The van der Waals surface area contributed by atoms with Crippen LogP contribution in [0.1, 0.15) is 22.9 Å². The summed E-state index contributed by atoms with van der Waals surface area (Å²) in [5.74, 6) is 0.164. The SMILES string of the molecule is Cc1ccc([C@H]2Cn3nnc(-c4noc(-c5cccc(F)c5)n4)c3CO2)cc1. The van der Waals surface area contributed by atoms with E-state index in [1.165, 1.54) is 17.7 Å². The predicted molar refractivity (Wildman–Crippen MR) is 97.4 cm³/mol. The third kappa shape index (κ3) is 2.97. The fourth-order valence-electron chi connectivity index (χ4n) is 3.23. The molecule has 0 bridgehead atoms. The topological polar surface area (TPSA) is 78.9 Å². The highest BCUT2D eigenvalue weighted by atomic mass is 19.1. The number of benzene rings is 2. The van der Waals surface area contributed by atoms with Gasteiger partial charge in [0, 0.05) is 5.56 Å². The van der Waals surface area contributed by atoms with E-state index in [9.17, 15) is 4.39 Å². The van der Waals surface area contributed by atoms with Crippen molar-refractivity contribution < 1.29 is 13.7 Å². The van der Waals surface area contributed by atoms with Crippen LogP contribution in [-0.4, -0.2) is 25.1 Å². The summed E-state index contributed by atoms with van der Waals surface area (Å²) >= 11 is 0. The molecule has 0 aliphatic carbocycles. The van der Waals surface area contributed by atoms with Gasteiger partial charge in [0.2, 0.25) is 5.82 Å². The van der Waals surface area contributed by atoms with E-state index in [-0.39, 0.29) is 17.8 Å². The van der Waals surface area contributed by atoms with Crippen LogP contribution >= 0.6 is 0 Å². The Morgan fingerprint density at radius 3 is 2.82 bits per heavy atom. The molecule has 8 heteroatoms. The number of aryl methyl sites for hydroxylation is 1. The van der Waals surface area contributed by atoms with E-state index in [4.69, 9.17) is 9.26 Å². The summed E-state index contributed by atoms with van der Waals surface area (Å²) in [6.45, 7) is 2.95. The van der Waals surface area contributed by atoms with Crippen LogP contribution in [0, 0.1) is 12.7 Å². The highest BCUT2D eigenvalue weighted by Gasteiger charge is 2.27. The van der Waals surface area contributed by atoms with Crippen LogP contribution in [0.15, 0.2) is 53.1 Å². The molecular weight excluding hydrogens is 361 g/mol. The number of nitrogens with zero attached hydrogens (tertiary/aromatic N) is 5. The van der Waals surface area contributed by atoms with Gasteiger partial charge in [-0.25, -0.2) is 9.07 Å². The van der Waals surface area contributed by atoms with Gasteiger partial charge in [0.1, 0.15) is 11.9 Å². The second-order valence-electron chi connectivity index (χ2n) is 6.71. The van der Waals surface area contributed by atoms with Gasteiger partial charge in [0.15, 0.2) is 5.69 Å². The molecule has 1 aliphatic heterocycles. The molecule has 28 heavy (non-hydrogen) atoms. The maximum Gasteiger partial charge on any atom is 0.258 e. The first-order valence-corrected chi connectivity index (χ1v) is 8.88. The lowest BCUT2D eigenvalue weighted by molar-refractivity contribution is -0.00112. The molecule has 2 aromatic heterocycles. The average molecular weight is 377 g/mol. The lowest BCUT2D eigenvalue weighted by atomic mass is 10.1. The summed E-state index contributed by atoms with van der Waals surface area (Å²) < 4.78 is 26.5. The Hall–Kier alpha value is -3.39. The van der Waals surface area contributed by atoms with Crippen molar-refractivity contribution in [3.63, 3.8) is 0 Å². The Morgan fingerprint density at radius 2 is 2.00 bits per heavy atom. The van der Waals surface area contributed by atoms with Crippen molar-refractivity contribution in [2.75, 3.05) is 0 Å². The normalized spacial score (nSPS) is 16.1. The monoisotopic (exact) mass is 377 g/mol. The van der Waals surface area contributed by atoms with Gasteiger partial charge in [-0.2, -0.15) is 4.98 Å². The molecule has 140 valence electrons. The maximum absolute atomic E-state index is 13.4. The summed E-state index contributed by atoms with van der Waals surface area (Å²) in [5, 5.41) is 12.4. The quantitative estimate of drug-likeness (QED) is 0.541. The van der Waals surface area contributed by atoms with Crippen molar-refractivity contribution >= 4 is 0 Å². The molecule has 0 N–H and O–H groups in total. The minimum Gasteiger partial charge on any atom is -0.365 e. The molecule has 0 radical (unpaired) electrons. The zero-order valence-electron chi connectivity index (χ0n) is 15.0. The van der Waals surface area contributed by atoms with Gasteiger partial charge in [-0.05, 0) is 30.7 Å². The van der Waals surface area contributed by atoms with Crippen molar-refractivity contribution in [1.82, 2.24) is 25.1 Å². The van der Waals surface area contributed by atoms with Crippen LogP contribution < -0.4 is 0 Å². The van der Waals surface area contributed by atoms with E-state index in [1.807, 2.05) is 4.68 Å². The largest absolute Gasteiger partial charge is 0.365 e. The van der Waals surface area contributed by atoms with E-state index in [2.05, 4.69) is 51.6 Å². The molecule has 0 fully saturated rings. The number of halogens is 1. The first kappa shape index (κ1) is 16.8. The standard InChI is InChI=1S/C20H16FN5O2/c1-12-5-7-13(8-6-12)17-10-26-16(11-27-17)18(23-25-26)19-22-20(28-24-19)14-3-2-4-15(21)9-14/h2-9,17H,10-11H2,1H3/t17-/m1/s1. The van der Waals surface area contributed by atoms with Crippen molar-refractivity contribution in [1.29, 1.82) is 0 Å². The number of rotatable bonds is 3. The van der Waals surface area contributed by atoms with Gasteiger partial charge in [-0.3, -0.25) is 0 Å². The second-order valence-corrected chi connectivity index (χ2v) is 6.71. The highest BCUT2D eigenvalue weighted by Crippen LogP contribution is 2.30. The molecule has 0 amide bonds. The Morgan fingerprint density at radius 1 is 1.14 bits per heavy atom. The van der Waals surface area contributed by atoms with Crippen LogP contribution in [0.2, 0.25) is 0 Å². The molecule has 2 aromatic carbocycles. The smallest absolute Gasteiger partial charge is 0.258 e. The van der Waals surface area contributed by atoms with Gasteiger partial charge in [-0.15, -0.1) is 5.10 Å². The second kappa shape index (κ2) is 6.65. The zero-order valence-corrected chi connectivity index (χ0v) is 15.0. The summed E-state index contributed by atoms with van der Waals surface area (Å²) in [4.78, 5) is 4.34. The molecule has 1 atom stereocenters. The maximum atomic E-state index is 13.4. The van der Waals surface area contributed by atoms with E-state index in [1.54, 1.807) is 12.1 Å². The van der Waals surface area contributed by atoms with Gasteiger partial charge in [0.25, 0.3) is 5.89 Å². The van der Waals surface area contributed by atoms with Crippen LogP contribution in [0.25, 0.3) is 23.0 Å². The lowest BCUT2D eigenvalue weighted by Gasteiger charge is -2.24. The third-order valence-corrected chi connectivity index (χ3v) is 4.76. The molecule has 7 nitrogen and oxygen atoms in total. The minimum absolute atomic E-state index is 0.0872. The Balaban J connectivity index is 1.42. The lowest BCUT2D eigenvalue weighted by Crippen LogP contribution is -2.22. The molecule has 4 aromatic rings. The van der Waals surface area contributed by atoms with Crippen LogP contribution in [0.5, 0.6) is 0 Å². The molecule has 0 saturated carbocycles. The van der Waals surface area contributed by atoms with Gasteiger partial charge < -0.3 is 9.26 Å². The predicted octanol–water partition coefficient (Wildman–Crippen LogP) is 3.71. The highest BCUT2D eigenvalue weighted by molar-refractivity contribution is 5.58. The number of ether oxygens (including phenoxy) is 1. The minimum atomic E-state index is -0.367. The summed E-state index contributed by atoms with van der Waals surface area (Å²) in [6, 6.07) is 14.2. The fraction of sp³-hybridized carbons (Fsp3) is 0.200. The number of fused-ring (bicyclic) bond motifs is 1. The molecule has 0 unspecified atom stereocenters. The van der Waals surface area contributed by atoms with Crippen molar-refractivity contribution in [3.8, 4) is 23.0 Å². The third-order valence-electron chi connectivity index (χ3n) is 4.76. The van der Waals surface area contributed by atoms with Gasteiger partial charge in [0.05, 0.1) is 18.8 Å². The van der Waals surface area contributed by atoms with Crippen LogP contribution in [-0.2, 0) is 17.9 Å². The number of hydrogen-bond donors (Lipinski definition) is 0. The van der Waals surface area contributed by atoms with E-state index in [0.29, 0.717) is 30.2 Å². The summed E-state index contributed by atoms with van der Waals surface area (Å²) in [5.41, 5.74) is 4.11. The Kier molecular flexibility index (Phi) is 3.98. The summed E-state index contributed by atoms with van der Waals surface area (Å²) in [7, 11) is 0. The first-order chi connectivity index (χ1) is 13.7. The summed E-state index contributed by atoms with van der Waals surface area (Å²) in [6.07, 6.45) is -0.0872. The van der Waals surface area contributed by atoms with Crippen molar-refractivity contribution in [3.05, 3.63) is 71.2 Å². The van der Waals surface area contributed by atoms with Gasteiger partial charge >= 0.3 is 0 Å². The number of hydrogen-bond acceptors (Lipinski definition) is 6. The van der Waals surface area contributed by atoms with E-state index >= 15 is 0 Å². The average Bonchev–Trinajstić information content (AvgIpc) is 3.35.